The zero-order valence-electron chi connectivity index (χ0n) is 14.9. The van der Waals surface area contributed by atoms with Gasteiger partial charge in [0.05, 0.1) is 25.2 Å². The Bertz CT molecular complexity index is 479. The van der Waals surface area contributed by atoms with Gasteiger partial charge in [0, 0.05) is 52.4 Å². The van der Waals surface area contributed by atoms with Gasteiger partial charge in [0.25, 0.3) is 0 Å². The van der Waals surface area contributed by atoms with Gasteiger partial charge in [-0.05, 0) is 12.6 Å². The first kappa shape index (κ1) is 17.8. The molecule has 3 rings (SSSR count). The largest absolute Gasteiger partial charge is 0.396 e. The normalized spacial score (nSPS) is 21.8. The van der Waals surface area contributed by atoms with E-state index in [4.69, 9.17) is 4.74 Å². The van der Waals surface area contributed by atoms with E-state index < -0.39 is 0 Å². The molecule has 24 heavy (non-hydrogen) atoms. The molecule has 5 heteroatoms. The Morgan fingerprint density at radius 3 is 2.33 bits per heavy atom. The molecule has 0 atom stereocenters. The standard InChI is InChI=1S/C19H31N3O2/c1-20(13-18-5-3-2-4-6-18)7-8-21-9-11-22(12-10-21)14-19(15-23)16-24-17-19/h2-6,23H,7-17H2,1H3. The van der Waals surface area contributed by atoms with Crippen LogP contribution in [-0.2, 0) is 11.3 Å². The molecule has 0 bridgehead atoms. The summed E-state index contributed by atoms with van der Waals surface area (Å²) in [6, 6.07) is 10.7. The van der Waals surface area contributed by atoms with Gasteiger partial charge in [-0.1, -0.05) is 30.3 Å². The second-order valence-corrected chi connectivity index (χ2v) is 7.49. The SMILES string of the molecule is CN(CCN1CCN(CC2(CO)COC2)CC1)Cc1ccccc1. The lowest BCUT2D eigenvalue weighted by Gasteiger charge is -2.45. The van der Waals surface area contributed by atoms with Crippen molar-refractivity contribution in [3.05, 3.63) is 35.9 Å². The molecular formula is C19H31N3O2. The van der Waals surface area contributed by atoms with Gasteiger partial charge in [-0.2, -0.15) is 0 Å². The van der Waals surface area contributed by atoms with Crippen LogP contribution in [-0.4, -0.2) is 92.5 Å². The molecule has 0 aliphatic carbocycles. The first-order valence-corrected chi connectivity index (χ1v) is 9.05. The third-order valence-corrected chi connectivity index (χ3v) is 5.27. The minimum absolute atomic E-state index is 0.0120. The lowest BCUT2D eigenvalue weighted by molar-refractivity contribution is -0.150. The highest BCUT2D eigenvalue weighted by atomic mass is 16.5. The van der Waals surface area contributed by atoms with Crippen LogP contribution in [0.3, 0.4) is 0 Å². The van der Waals surface area contributed by atoms with E-state index in [-0.39, 0.29) is 12.0 Å². The highest BCUT2D eigenvalue weighted by molar-refractivity contribution is 5.14. The number of hydrogen-bond donors (Lipinski definition) is 1. The number of aliphatic hydroxyl groups excluding tert-OH is 1. The summed E-state index contributed by atoms with van der Waals surface area (Å²) in [7, 11) is 2.20. The van der Waals surface area contributed by atoms with Crippen LogP contribution >= 0.6 is 0 Å². The van der Waals surface area contributed by atoms with E-state index >= 15 is 0 Å². The molecule has 134 valence electrons. The van der Waals surface area contributed by atoms with Gasteiger partial charge in [-0.15, -0.1) is 0 Å². The predicted molar refractivity (Wildman–Crippen MR) is 96.0 cm³/mol. The van der Waals surface area contributed by atoms with Gasteiger partial charge >= 0.3 is 0 Å². The molecule has 1 aromatic rings. The Morgan fingerprint density at radius 1 is 1.08 bits per heavy atom. The third kappa shape index (κ3) is 4.77. The van der Waals surface area contributed by atoms with Gasteiger partial charge in [0.2, 0.25) is 0 Å². The number of likely N-dealkylation sites (N-methyl/N-ethyl adjacent to an activating group) is 1. The number of benzene rings is 1. The van der Waals surface area contributed by atoms with Crippen LogP contribution in [0, 0.1) is 5.41 Å². The van der Waals surface area contributed by atoms with Crippen molar-refractivity contribution in [2.24, 2.45) is 5.41 Å². The second-order valence-electron chi connectivity index (χ2n) is 7.49. The number of aliphatic hydroxyl groups is 1. The molecule has 2 heterocycles. The third-order valence-electron chi connectivity index (χ3n) is 5.27. The van der Waals surface area contributed by atoms with Crippen LogP contribution in [0.2, 0.25) is 0 Å². The van der Waals surface area contributed by atoms with Crippen molar-refractivity contribution < 1.29 is 9.84 Å². The molecule has 1 aromatic carbocycles. The molecule has 1 N–H and O–H groups in total. The summed E-state index contributed by atoms with van der Waals surface area (Å²) >= 11 is 0. The first-order valence-electron chi connectivity index (χ1n) is 9.05. The van der Waals surface area contributed by atoms with Crippen molar-refractivity contribution in [3.8, 4) is 0 Å². The molecule has 5 nitrogen and oxygen atoms in total. The molecule has 0 spiro atoms. The summed E-state index contributed by atoms with van der Waals surface area (Å²) in [4.78, 5) is 7.44. The predicted octanol–water partition coefficient (Wildman–Crippen LogP) is 0.745. The van der Waals surface area contributed by atoms with Crippen molar-refractivity contribution >= 4 is 0 Å². The Hall–Kier alpha value is -0.980. The summed E-state index contributed by atoms with van der Waals surface area (Å²) < 4.78 is 5.30. The van der Waals surface area contributed by atoms with Gasteiger partial charge in [-0.25, -0.2) is 0 Å². The van der Waals surface area contributed by atoms with Crippen LogP contribution < -0.4 is 0 Å². The van der Waals surface area contributed by atoms with Crippen LogP contribution in [0.25, 0.3) is 0 Å². The monoisotopic (exact) mass is 333 g/mol. The highest BCUT2D eigenvalue weighted by Crippen LogP contribution is 2.28. The Morgan fingerprint density at radius 2 is 1.75 bits per heavy atom. The van der Waals surface area contributed by atoms with Crippen molar-refractivity contribution in [3.63, 3.8) is 0 Å². The van der Waals surface area contributed by atoms with E-state index in [0.717, 1.165) is 52.4 Å². The van der Waals surface area contributed by atoms with Crippen molar-refractivity contribution in [1.29, 1.82) is 0 Å². The molecular weight excluding hydrogens is 302 g/mol. The van der Waals surface area contributed by atoms with E-state index in [1.807, 2.05) is 0 Å². The van der Waals surface area contributed by atoms with Gasteiger partial charge in [0.15, 0.2) is 0 Å². The second kappa shape index (κ2) is 8.41. The number of ether oxygens (including phenoxy) is 1. The Kier molecular flexibility index (Phi) is 6.25. The molecule has 0 radical (unpaired) electrons. The summed E-state index contributed by atoms with van der Waals surface area (Å²) in [5.41, 5.74) is 1.39. The zero-order chi connectivity index (χ0) is 16.8. The first-order chi connectivity index (χ1) is 11.7. The molecule has 0 saturated carbocycles. The van der Waals surface area contributed by atoms with Crippen LogP contribution in [0.1, 0.15) is 5.56 Å². The fourth-order valence-corrected chi connectivity index (χ4v) is 3.55. The van der Waals surface area contributed by atoms with Crippen molar-refractivity contribution in [2.75, 3.05) is 72.7 Å². The molecule has 0 amide bonds. The molecule has 2 fully saturated rings. The van der Waals surface area contributed by atoms with E-state index in [1.165, 1.54) is 5.56 Å². The van der Waals surface area contributed by atoms with Gasteiger partial charge < -0.3 is 14.7 Å². The summed E-state index contributed by atoms with van der Waals surface area (Å²) in [5, 5.41) is 9.56. The number of nitrogens with zero attached hydrogens (tertiary/aromatic N) is 3. The maximum Gasteiger partial charge on any atom is 0.0579 e. The smallest absolute Gasteiger partial charge is 0.0579 e. The molecule has 0 unspecified atom stereocenters. The van der Waals surface area contributed by atoms with Crippen LogP contribution in [0.15, 0.2) is 30.3 Å². The number of hydrogen-bond acceptors (Lipinski definition) is 5. The minimum atomic E-state index is 0.0120. The molecule has 2 saturated heterocycles. The lowest BCUT2D eigenvalue weighted by atomic mass is 9.86. The minimum Gasteiger partial charge on any atom is -0.396 e. The van der Waals surface area contributed by atoms with E-state index in [1.54, 1.807) is 0 Å². The van der Waals surface area contributed by atoms with E-state index in [0.29, 0.717) is 13.2 Å². The fourth-order valence-electron chi connectivity index (χ4n) is 3.55. The zero-order valence-corrected chi connectivity index (χ0v) is 14.9. The highest BCUT2D eigenvalue weighted by Gasteiger charge is 2.40. The van der Waals surface area contributed by atoms with E-state index in [9.17, 15) is 5.11 Å². The van der Waals surface area contributed by atoms with Gasteiger partial charge in [-0.3, -0.25) is 9.80 Å². The molecule has 2 aliphatic heterocycles. The van der Waals surface area contributed by atoms with Crippen LogP contribution in [0.4, 0.5) is 0 Å². The van der Waals surface area contributed by atoms with E-state index in [2.05, 4.69) is 52.1 Å². The molecule has 2 aliphatic rings. The maximum absolute atomic E-state index is 9.56. The summed E-state index contributed by atoms with van der Waals surface area (Å²) in [5.74, 6) is 0. The van der Waals surface area contributed by atoms with Crippen LogP contribution in [0.5, 0.6) is 0 Å². The Labute approximate surface area is 145 Å². The number of piperazine rings is 1. The average molecular weight is 333 g/mol. The summed E-state index contributed by atoms with van der Waals surface area (Å²) in [6.45, 7) is 10.4. The Balaban J connectivity index is 1.33. The van der Waals surface area contributed by atoms with Crippen molar-refractivity contribution in [2.45, 2.75) is 6.54 Å². The summed E-state index contributed by atoms with van der Waals surface area (Å²) in [6.07, 6.45) is 0. The number of rotatable bonds is 8. The van der Waals surface area contributed by atoms with Crippen molar-refractivity contribution in [1.82, 2.24) is 14.7 Å². The topological polar surface area (TPSA) is 39.2 Å². The molecule has 0 aromatic heterocycles. The quantitative estimate of drug-likeness (QED) is 0.760. The fraction of sp³-hybridized carbons (Fsp3) is 0.684. The average Bonchev–Trinajstić information content (AvgIpc) is 2.58. The van der Waals surface area contributed by atoms with Gasteiger partial charge in [0.1, 0.15) is 0 Å². The lowest BCUT2D eigenvalue weighted by Crippen LogP contribution is -2.57. The maximum atomic E-state index is 9.56.